The van der Waals surface area contributed by atoms with E-state index in [0.29, 0.717) is 42.4 Å². The summed E-state index contributed by atoms with van der Waals surface area (Å²) >= 11 is 1.54. The van der Waals surface area contributed by atoms with Crippen LogP contribution in [-0.2, 0) is 16.0 Å². The molecule has 0 aliphatic carbocycles. The van der Waals surface area contributed by atoms with Crippen LogP contribution in [0.15, 0.2) is 60.0 Å². The maximum Gasteiger partial charge on any atom is 0.265 e. The van der Waals surface area contributed by atoms with E-state index in [1.54, 1.807) is 30.2 Å². The van der Waals surface area contributed by atoms with Gasteiger partial charge in [0.25, 0.3) is 5.91 Å². The summed E-state index contributed by atoms with van der Waals surface area (Å²) in [5.41, 5.74) is 1.23. The van der Waals surface area contributed by atoms with Crippen LogP contribution in [0, 0.1) is 0 Å². The summed E-state index contributed by atoms with van der Waals surface area (Å²) in [5, 5.41) is 4.83. The minimum atomic E-state index is -0.159. The molecule has 0 fully saturated rings. The number of benzene rings is 2. The average Bonchev–Trinajstić information content (AvgIpc) is 3.28. The van der Waals surface area contributed by atoms with Gasteiger partial charge in [-0.15, -0.1) is 11.3 Å². The van der Waals surface area contributed by atoms with Crippen molar-refractivity contribution in [1.29, 1.82) is 0 Å². The number of carbonyl (C=O) groups is 2. The Labute approximate surface area is 184 Å². The molecule has 1 N–H and O–H groups in total. The molecule has 0 spiro atoms. The fourth-order valence-electron chi connectivity index (χ4n) is 3.23. The van der Waals surface area contributed by atoms with Crippen LogP contribution in [0.5, 0.6) is 17.2 Å². The van der Waals surface area contributed by atoms with Gasteiger partial charge in [0, 0.05) is 10.6 Å². The molecule has 2 aromatic carbocycles. The number of amides is 2. The number of nitrogens with zero attached hydrogens (tertiary/aromatic N) is 1. The highest BCUT2D eigenvalue weighted by atomic mass is 32.1. The molecule has 0 unspecified atom stereocenters. The highest BCUT2D eigenvalue weighted by Crippen LogP contribution is 2.34. The van der Waals surface area contributed by atoms with E-state index in [2.05, 4.69) is 5.32 Å². The Morgan fingerprint density at radius 1 is 1.16 bits per heavy atom. The Morgan fingerprint density at radius 3 is 2.71 bits per heavy atom. The van der Waals surface area contributed by atoms with Crippen LogP contribution in [0.25, 0.3) is 0 Å². The molecule has 1 aliphatic rings. The van der Waals surface area contributed by atoms with Crippen LogP contribution in [0.2, 0.25) is 0 Å². The second-order valence-corrected chi connectivity index (χ2v) is 7.88. The zero-order valence-corrected chi connectivity index (χ0v) is 17.8. The van der Waals surface area contributed by atoms with E-state index in [9.17, 15) is 9.59 Å². The van der Waals surface area contributed by atoms with Gasteiger partial charge in [-0.25, -0.2) is 0 Å². The summed E-state index contributed by atoms with van der Waals surface area (Å²) in [6, 6.07) is 16.4. The van der Waals surface area contributed by atoms with Gasteiger partial charge in [-0.2, -0.15) is 0 Å². The Balaban J connectivity index is 1.41. The fourth-order valence-corrected chi connectivity index (χ4v) is 3.93. The topological polar surface area (TPSA) is 77.1 Å². The van der Waals surface area contributed by atoms with Gasteiger partial charge in [0.1, 0.15) is 23.9 Å². The first-order valence-electron chi connectivity index (χ1n) is 9.78. The lowest BCUT2D eigenvalue weighted by Crippen LogP contribution is -2.41. The molecule has 1 aromatic heterocycles. The van der Waals surface area contributed by atoms with Crippen molar-refractivity contribution in [3.8, 4) is 17.2 Å². The fraction of sp³-hybridized carbons (Fsp3) is 0.217. The molecule has 8 heteroatoms. The van der Waals surface area contributed by atoms with Gasteiger partial charge >= 0.3 is 0 Å². The molecule has 3 aromatic rings. The Morgan fingerprint density at radius 2 is 1.97 bits per heavy atom. The lowest BCUT2D eigenvalue weighted by Gasteiger charge is -2.29. The van der Waals surface area contributed by atoms with Gasteiger partial charge in [-0.1, -0.05) is 6.07 Å². The number of hydrogen-bond donors (Lipinski definition) is 1. The van der Waals surface area contributed by atoms with Crippen LogP contribution >= 0.6 is 11.3 Å². The molecule has 0 saturated carbocycles. The number of nitrogens with one attached hydrogen (secondary N) is 1. The largest absolute Gasteiger partial charge is 0.497 e. The van der Waals surface area contributed by atoms with Crippen molar-refractivity contribution in [2.24, 2.45) is 0 Å². The minimum absolute atomic E-state index is 0.0282. The summed E-state index contributed by atoms with van der Waals surface area (Å²) in [4.78, 5) is 27.4. The molecule has 160 valence electrons. The van der Waals surface area contributed by atoms with Crippen molar-refractivity contribution < 1.29 is 23.8 Å². The van der Waals surface area contributed by atoms with Gasteiger partial charge in [0.2, 0.25) is 5.91 Å². The summed E-state index contributed by atoms with van der Waals surface area (Å²) in [7, 11) is 1.61. The average molecular weight is 439 g/mol. The molecular weight excluding hydrogens is 416 g/mol. The van der Waals surface area contributed by atoms with E-state index in [0.717, 1.165) is 10.6 Å². The molecule has 2 heterocycles. The first-order chi connectivity index (χ1) is 15.1. The maximum absolute atomic E-state index is 12.5. The zero-order chi connectivity index (χ0) is 21.6. The SMILES string of the molecule is COc1ccc(OCCN2C(=O)COc3ccc(NC(=O)Cc4cccs4)cc32)cc1. The number of hydrogen-bond acceptors (Lipinski definition) is 6. The molecule has 0 radical (unpaired) electrons. The Kier molecular flexibility index (Phi) is 6.37. The predicted molar refractivity (Wildman–Crippen MR) is 119 cm³/mol. The van der Waals surface area contributed by atoms with Crippen molar-refractivity contribution in [2.75, 3.05) is 37.1 Å². The van der Waals surface area contributed by atoms with Crippen LogP contribution in [0.4, 0.5) is 11.4 Å². The predicted octanol–water partition coefficient (Wildman–Crippen LogP) is 3.74. The number of methoxy groups -OCH3 is 1. The number of carbonyl (C=O) groups excluding carboxylic acids is 2. The van der Waals surface area contributed by atoms with Gasteiger partial charge < -0.3 is 24.4 Å². The third-order valence-electron chi connectivity index (χ3n) is 4.74. The zero-order valence-electron chi connectivity index (χ0n) is 17.0. The van der Waals surface area contributed by atoms with Gasteiger partial charge in [0.15, 0.2) is 6.61 Å². The van der Waals surface area contributed by atoms with E-state index in [-0.39, 0.29) is 18.4 Å². The first-order valence-corrected chi connectivity index (χ1v) is 10.7. The third kappa shape index (κ3) is 5.16. The summed E-state index contributed by atoms with van der Waals surface area (Å²) in [5.74, 6) is 1.77. The van der Waals surface area contributed by atoms with Gasteiger partial charge in [0.05, 0.1) is 25.8 Å². The van der Waals surface area contributed by atoms with E-state index >= 15 is 0 Å². The van der Waals surface area contributed by atoms with Crippen molar-refractivity contribution in [1.82, 2.24) is 0 Å². The van der Waals surface area contributed by atoms with Crippen molar-refractivity contribution >= 4 is 34.5 Å². The third-order valence-corrected chi connectivity index (χ3v) is 5.62. The molecule has 0 atom stereocenters. The van der Waals surface area contributed by atoms with Crippen molar-refractivity contribution in [3.05, 3.63) is 64.9 Å². The molecule has 31 heavy (non-hydrogen) atoms. The van der Waals surface area contributed by atoms with E-state index in [1.165, 1.54) is 11.3 Å². The summed E-state index contributed by atoms with van der Waals surface area (Å²) < 4.78 is 16.4. The summed E-state index contributed by atoms with van der Waals surface area (Å²) in [6.45, 7) is 0.639. The molecule has 0 bridgehead atoms. The normalized spacial score (nSPS) is 12.7. The number of anilines is 2. The van der Waals surface area contributed by atoms with E-state index in [1.807, 2.05) is 41.8 Å². The van der Waals surface area contributed by atoms with Crippen molar-refractivity contribution in [2.45, 2.75) is 6.42 Å². The molecule has 4 rings (SSSR count). The monoisotopic (exact) mass is 438 g/mol. The molecule has 1 aliphatic heterocycles. The molecule has 0 saturated heterocycles. The molecule has 7 nitrogen and oxygen atoms in total. The number of thiophene rings is 1. The van der Waals surface area contributed by atoms with Crippen LogP contribution in [0.3, 0.4) is 0 Å². The molecular formula is C23H22N2O5S. The number of ether oxygens (including phenoxy) is 3. The lowest BCUT2D eigenvalue weighted by molar-refractivity contribution is -0.121. The Hall–Kier alpha value is -3.52. The second-order valence-electron chi connectivity index (χ2n) is 6.84. The van der Waals surface area contributed by atoms with E-state index < -0.39 is 0 Å². The minimum Gasteiger partial charge on any atom is -0.497 e. The maximum atomic E-state index is 12.5. The molecule has 2 amide bonds. The number of fused-ring (bicyclic) bond motifs is 1. The second kappa shape index (κ2) is 9.53. The summed E-state index contributed by atoms with van der Waals surface area (Å²) in [6.07, 6.45) is 0.309. The first kappa shape index (κ1) is 20.7. The number of rotatable bonds is 8. The van der Waals surface area contributed by atoms with Crippen LogP contribution in [-0.4, -0.2) is 38.7 Å². The van der Waals surface area contributed by atoms with Gasteiger partial charge in [-0.3, -0.25) is 9.59 Å². The van der Waals surface area contributed by atoms with E-state index in [4.69, 9.17) is 14.2 Å². The van der Waals surface area contributed by atoms with Gasteiger partial charge in [-0.05, 0) is 53.9 Å². The van der Waals surface area contributed by atoms with Crippen LogP contribution in [0.1, 0.15) is 4.88 Å². The quantitative estimate of drug-likeness (QED) is 0.580. The smallest absolute Gasteiger partial charge is 0.265 e. The highest BCUT2D eigenvalue weighted by molar-refractivity contribution is 7.10. The standard InChI is InChI=1S/C23H22N2O5S/c1-28-17-5-7-18(8-6-17)29-11-10-25-20-13-16(4-9-21(20)30-15-23(25)27)24-22(26)14-19-3-2-12-31-19/h2-9,12-13H,10-11,14-15H2,1H3,(H,24,26). The van der Waals surface area contributed by atoms with Crippen molar-refractivity contribution in [3.63, 3.8) is 0 Å². The Bertz CT molecular complexity index is 1050. The van der Waals surface area contributed by atoms with Crippen LogP contribution < -0.4 is 24.4 Å². The lowest BCUT2D eigenvalue weighted by atomic mass is 10.2. The highest BCUT2D eigenvalue weighted by Gasteiger charge is 2.26.